The van der Waals surface area contributed by atoms with Crippen molar-refractivity contribution < 1.29 is 14.7 Å². The molecule has 32 heavy (non-hydrogen) atoms. The third-order valence-electron chi connectivity index (χ3n) is 5.69. The van der Waals surface area contributed by atoms with E-state index in [2.05, 4.69) is 0 Å². The van der Waals surface area contributed by atoms with Crippen LogP contribution in [0, 0.1) is 0 Å². The smallest absolute Gasteiger partial charge is 0.337 e. The average molecular weight is 469 g/mol. The Morgan fingerprint density at radius 3 is 2.19 bits per heavy atom. The van der Waals surface area contributed by atoms with Gasteiger partial charge in [-0.25, -0.2) is 4.79 Å². The van der Waals surface area contributed by atoms with E-state index in [-0.39, 0.29) is 17.5 Å². The van der Waals surface area contributed by atoms with Crippen LogP contribution in [0.15, 0.2) is 60.7 Å². The minimum atomic E-state index is -1.02. The van der Waals surface area contributed by atoms with Crippen LogP contribution in [-0.4, -0.2) is 33.4 Å². The molecule has 2 heterocycles. The van der Waals surface area contributed by atoms with Crippen LogP contribution in [0.1, 0.15) is 51.8 Å². The summed E-state index contributed by atoms with van der Waals surface area (Å²) in [6.45, 7) is 0.659. The first kappa shape index (κ1) is 22.3. The molecular weight excluding hydrogens is 447 g/mol. The van der Waals surface area contributed by atoms with Gasteiger partial charge in [0.05, 0.1) is 29.4 Å². The molecule has 5 nitrogen and oxygen atoms in total. The third kappa shape index (κ3) is 5.12. The first-order chi connectivity index (χ1) is 15.4. The third-order valence-corrected chi connectivity index (χ3v) is 6.20. The molecule has 7 heteroatoms. The fourth-order valence-corrected chi connectivity index (χ4v) is 4.33. The van der Waals surface area contributed by atoms with Gasteiger partial charge in [0.2, 0.25) is 5.91 Å². The minimum absolute atomic E-state index is 0.0261. The normalized spacial score (nSPS) is 15.7. The monoisotopic (exact) mass is 468 g/mol. The van der Waals surface area contributed by atoms with Crippen LogP contribution in [0.5, 0.6) is 0 Å². The standard InChI is InChI=1S/C25H22Cl2N2O3/c26-18-7-3-16(4-8-18)14-22-20(25(31)32)11-12-21(28-22)23-2-1-13-29(23)24(30)15-17-5-9-19(27)10-6-17/h3-12,23H,1-2,13-15H2,(H,31,32)/t23-/m1/s1. The first-order valence-corrected chi connectivity index (χ1v) is 11.2. The number of pyridine rings is 1. The van der Waals surface area contributed by atoms with Crippen LogP contribution in [0.3, 0.4) is 0 Å². The number of likely N-dealkylation sites (tertiary alicyclic amines) is 1. The maximum atomic E-state index is 13.0. The summed E-state index contributed by atoms with van der Waals surface area (Å²) < 4.78 is 0. The minimum Gasteiger partial charge on any atom is -0.478 e. The van der Waals surface area contributed by atoms with E-state index in [0.717, 1.165) is 29.7 Å². The molecule has 0 saturated carbocycles. The Morgan fingerprint density at radius 2 is 1.56 bits per heavy atom. The largest absolute Gasteiger partial charge is 0.478 e. The van der Waals surface area contributed by atoms with Crippen molar-refractivity contribution >= 4 is 35.1 Å². The lowest BCUT2D eigenvalue weighted by Crippen LogP contribution is -2.32. The number of aromatic carboxylic acids is 1. The highest BCUT2D eigenvalue weighted by Gasteiger charge is 2.31. The van der Waals surface area contributed by atoms with E-state index in [4.69, 9.17) is 28.2 Å². The number of carboxylic acid groups (broad SMARTS) is 1. The van der Waals surface area contributed by atoms with E-state index in [1.807, 2.05) is 29.2 Å². The summed E-state index contributed by atoms with van der Waals surface area (Å²) in [5.74, 6) is -0.992. The van der Waals surface area contributed by atoms with Gasteiger partial charge in [-0.15, -0.1) is 0 Å². The summed E-state index contributed by atoms with van der Waals surface area (Å²) in [5, 5.41) is 10.9. The van der Waals surface area contributed by atoms with Crippen molar-refractivity contribution in [3.63, 3.8) is 0 Å². The van der Waals surface area contributed by atoms with Crippen LogP contribution in [-0.2, 0) is 17.6 Å². The molecule has 1 atom stereocenters. The Morgan fingerprint density at radius 1 is 0.938 bits per heavy atom. The maximum absolute atomic E-state index is 13.0. The molecule has 2 aromatic carbocycles. The molecule has 3 aromatic rings. The van der Waals surface area contributed by atoms with Gasteiger partial charge in [0.1, 0.15) is 0 Å². The van der Waals surface area contributed by atoms with E-state index in [0.29, 0.717) is 35.1 Å². The van der Waals surface area contributed by atoms with Crippen molar-refractivity contribution in [2.75, 3.05) is 6.54 Å². The van der Waals surface area contributed by atoms with Gasteiger partial charge in [-0.3, -0.25) is 9.78 Å². The van der Waals surface area contributed by atoms with Gasteiger partial charge in [-0.1, -0.05) is 47.5 Å². The second-order valence-corrected chi connectivity index (χ2v) is 8.76. The zero-order valence-corrected chi connectivity index (χ0v) is 18.8. The van der Waals surface area contributed by atoms with Gasteiger partial charge < -0.3 is 10.0 Å². The Labute approximate surface area is 196 Å². The van der Waals surface area contributed by atoms with Crippen molar-refractivity contribution in [1.29, 1.82) is 0 Å². The zero-order valence-electron chi connectivity index (χ0n) is 17.3. The van der Waals surface area contributed by atoms with Crippen molar-refractivity contribution in [2.24, 2.45) is 0 Å². The second-order valence-electron chi connectivity index (χ2n) is 7.89. The van der Waals surface area contributed by atoms with E-state index < -0.39 is 5.97 Å². The SMILES string of the molecule is O=C(O)c1ccc([C@H]2CCCN2C(=O)Cc2ccc(Cl)cc2)nc1Cc1ccc(Cl)cc1. The van der Waals surface area contributed by atoms with Gasteiger partial charge in [-0.2, -0.15) is 0 Å². The first-order valence-electron chi connectivity index (χ1n) is 10.4. The molecule has 0 bridgehead atoms. The summed E-state index contributed by atoms with van der Waals surface area (Å²) >= 11 is 11.9. The number of amides is 1. The number of nitrogens with zero attached hydrogens (tertiary/aromatic N) is 2. The van der Waals surface area contributed by atoms with Gasteiger partial charge in [0.15, 0.2) is 0 Å². The zero-order chi connectivity index (χ0) is 22.7. The van der Waals surface area contributed by atoms with E-state index in [1.165, 1.54) is 0 Å². The van der Waals surface area contributed by atoms with Crippen molar-refractivity contribution in [2.45, 2.75) is 31.7 Å². The Hall–Kier alpha value is -2.89. The molecule has 0 spiro atoms. The molecule has 0 radical (unpaired) electrons. The van der Waals surface area contributed by atoms with Crippen molar-refractivity contribution in [3.8, 4) is 0 Å². The molecule has 0 unspecified atom stereocenters. The Bertz CT molecular complexity index is 1130. The Balaban J connectivity index is 1.58. The van der Waals surface area contributed by atoms with E-state index in [1.54, 1.807) is 36.4 Å². The Kier molecular flexibility index (Phi) is 6.77. The summed E-state index contributed by atoms with van der Waals surface area (Å²) in [6.07, 6.45) is 2.34. The highest BCUT2D eigenvalue weighted by atomic mass is 35.5. The molecule has 164 valence electrons. The highest BCUT2D eigenvalue weighted by Crippen LogP contribution is 2.32. The van der Waals surface area contributed by atoms with Crippen LogP contribution < -0.4 is 0 Å². The topological polar surface area (TPSA) is 70.5 Å². The molecule has 4 rings (SSSR count). The summed E-state index contributed by atoms with van der Waals surface area (Å²) in [7, 11) is 0. The van der Waals surface area contributed by atoms with Crippen LogP contribution >= 0.6 is 23.2 Å². The number of rotatable bonds is 6. The molecule has 1 aromatic heterocycles. The molecule has 1 N–H and O–H groups in total. The average Bonchev–Trinajstić information content (AvgIpc) is 3.27. The van der Waals surface area contributed by atoms with E-state index >= 15 is 0 Å². The second kappa shape index (κ2) is 9.72. The van der Waals surface area contributed by atoms with Crippen molar-refractivity contribution in [1.82, 2.24) is 9.88 Å². The number of carbonyl (C=O) groups is 2. The molecule has 1 fully saturated rings. The molecule has 1 aliphatic rings. The predicted octanol–water partition coefficient (Wildman–Crippen LogP) is 5.58. The predicted molar refractivity (Wildman–Crippen MR) is 124 cm³/mol. The molecule has 1 aliphatic heterocycles. The summed E-state index contributed by atoms with van der Waals surface area (Å²) in [4.78, 5) is 31.4. The van der Waals surface area contributed by atoms with Gasteiger partial charge in [-0.05, 0) is 60.4 Å². The lowest BCUT2D eigenvalue weighted by Gasteiger charge is -2.25. The number of carboxylic acids is 1. The fraction of sp³-hybridized carbons (Fsp3) is 0.240. The quantitative estimate of drug-likeness (QED) is 0.512. The van der Waals surface area contributed by atoms with Crippen molar-refractivity contribution in [3.05, 3.63) is 98.8 Å². The molecule has 1 amide bonds. The van der Waals surface area contributed by atoms with Gasteiger partial charge >= 0.3 is 5.97 Å². The molecule has 0 aliphatic carbocycles. The number of carbonyl (C=O) groups excluding carboxylic acids is 1. The number of hydrogen-bond acceptors (Lipinski definition) is 3. The molecule has 1 saturated heterocycles. The van der Waals surface area contributed by atoms with E-state index in [9.17, 15) is 14.7 Å². The summed E-state index contributed by atoms with van der Waals surface area (Å²) in [5.41, 5.74) is 3.20. The highest BCUT2D eigenvalue weighted by molar-refractivity contribution is 6.30. The van der Waals surface area contributed by atoms with Crippen LogP contribution in [0.25, 0.3) is 0 Å². The molecular formula is C25H22Cl2N2O3. The fourth-order valence-electron chi connectivity index (χ4n) is 4.08. The van der Waals surface area contributed by atoms with Gasteiger partial charge in [0, 0.05) is 23.0 Å². The van der Waals surface area contributed by atoms with Gasteiger partial charge in [0.25, 0.3) is 0 Å². The number of benzene rings is 2. The lowest BCUT2D eigenvalue weighted by atomic mass is 10.0. The summed E-state index contributed by atoms with van der Waals surface area (Å²) in [6, 6.07) is 17.7. The van der Waals surface area contributed by atoms with Crippen LogP contribution in [0.4, 0.5) is 0 Å². The lowest BCUT2D eigenvalue weighted by molar-refractivity contribution is -0.131. The van der Waals surface area contributed by atoms with Crippen LogP contribution in [0.2, 0.25) is 10.0 Å². The number of halogens is 2. The number of hydrogen-bond donors (Lipinski definition) is 1. The maximum Gasteiger partial charge on any atom is 0.337 e. The number of aromatic nitrogens is 1.